The summed E-state index contributed by atoms with van der Waals surface area (Å²) in [7, 11) is 1.64. The Morgan fingerprint density at radius 2 is 2.22 bits per heavy atom. The predicted octanol–water partition coefficient (Wildman–Crippen LogP) is 1.08. The molecule has 1 saturated heterocycles. The van der Waals surface area contributed by atoms with Crippen molar-refractivity contribution in [3.05, 3.63) is 0 Å². The fourth-order valence-corrected chi connectivity index (χ4v) is 2.92. The van der Waals surface area contributed by atoms with Gasteiger partial charge in [0.15, 0.2) is 0 Å². The first-order valence-corrected chi connectivity index (χ1v) is 7.30. The third kappa shape index (κ3) is 4.49. The predicted molar refractivity (Wildman–Crippen MR) is 70.7 cm³/mol. The summed E-state index contributed by atoms with van der Waals surface area (Å²) >= 11 is 1.56. The van der Waals surface area contributed by atoms with Gasteiger partial charge in [-0.2, -0.15) is 0 Å². The third-order valence-electron chi connectivity index (χ3n) is 3.20. The van der Waals surface area contributed by atoms with Crippen molar-refractivity contribution in [2.24, 2.45) is 5.92 Å². The van der Waals surface area contributed by atoms with Gasteiger partial charge >= 0.3 is 5.97 Å². The van der Waals surface area contributed by atoms with Crippen LogP contribution in [0.15, 0.2) is 0 Å². The van der Waals surface area contributed by atoms with Crippen LogP contribution in [-0.4, -0.2) is 59.7 Å². The van der Waals surface area contributed by atoms with Gasteiger partial charge in [0, 0.05) is 25.4 Å². The van der Waals surface area contributed by atoms with E-state index in [1.54, 1.807) is 23.8 Å². The molecule has 5 nitrogen and oxygen atoms in total. The molecule has 0 saturated carbocycles. The summed E-state index contributed by atoms with van der Waals surface area (Å²) in [5, 5.41) is 8.96. The van der Waals surface area contributed by atoms with Gasteiger partial charge in [-0.1, -0.05) is 0 Å². The molecule has 0 bridgehead atoms. The van der Waals surface area contributed by atoms with E-state index in [4.69, 9.17) is 9.84 Å². The number of piperidine rings is 1. The first-order chi connectivity index (χ1) is 8.56. The smallest absolute Gasteiger partial charge is 0.306 e. The molecular weight excluding hydrogens is 254 g/mol. The molecule has 0 aliphatic carbocycles. The standard InChI is InChI=1S/C12H21NO4S/c1-9-7-10(12(15)16)3-4-13(9)11(14)8-18-6-5-17-2/h9-10H,3-8H2,1-2H3,(H,15,16). The molecule has 0 aromatic rings. The van der Waals surface area contributed by atoms with Crippen LogP contribution in [0.25, 0.3) is 0 Å². The number of nitrogens with zero attached hydrogens (tertiary/aromatic N) is 1. The first kappa shape index (κ1) is 15.3. The Morgan fingerprint density at radius 1 is 1.50 bits per heavy atom. The molecule has 0 spiro atoms. The number of amides is 1. The maximum Gasteiger partial charge on any atom is 0.306 e. The van der Waals surface area contributed by atoms with Gasteiger partial charge < -0.3 is 14.7 Å². The van der Waals surface area contributed by atoms with Gasteiger partial charge in [-0.3, -0.25) is 9.59 Å². The van der Waals surface area contributed by atoms with Crippen molar-refractivity contribution < 1.29 is 19.4 Å². The lowest BCUT2D eigenvalue weighted by Gasteiger charge is -2.36. The Morgan fingerprint density at radius 3 is 2.78 bits per heavy atom. The molecule has 1 aliphatic heterocycles. The van der Waals surface area contributed by atoms with E-state index in [1.807, 2.05) is 6.92 Å². The number of carbonyl (C=O) groups is 2. The number of ether oxygens (including phenoxy) is 1. The average Bonchev–Trinajstić information content (AvgIpc) is 2.34. The van der Waals surface area contributed by atoms with Crippen LogP contribution in [0.1, 0.15) is 19.8 Å². The normalized spacial score (nSPS) is 24.0. The molecule has 1 rings (SSSR count). The van der Waals surface area contributed by atoms with E-state index in [-0.39, 0.29) is 17.9 Å². The molecule has 0 aromatic heterocycles. The second-order valence-electron chi connectivity index (χ2n) is 4.54. The maximum absolute atomic E-state index is 12.0. The van der Waals surface area contributed by atoms with E-state index in [9.17, 15) is 9.59 Å². The van der Waals surface area contributed by atoms with E-state index < -0.39 is 5.97 Å². The van der Waals surface area contributed by atoms with Crippen molar-refractivity contribution in [2.45, 2.75) is 25.8 Å². The highest BCUT2D eigenvalue weighted by molar-refractivity contribution is 7.99. The minimum atomic E-state index is -0.747. The zero-order valence-corrected chi connectivity index (χ0v) is 11.7. The van der Waals surface area contributed by atoms with Crippen LogP contribution in [0.5, 0.6) is 0 Å². The second kappa shape index (κ2) is 7.63. The fraction of sp³-hybridized carbons (Fsp3) is 0.833. The summed E-state index contributed by atoms with van der Waals surface area (Å²) in [4.78, 5) is 24.7. The summed E-state index contributed by atoms with van der Waals surface area (Å²) in [5.74, 6) is 0.314. The summed E-state index contributed by atoms with van der Waals surface area (Å²) in [5.41, 5.74) is 0. The van der Waals surface area contributed by atoms with E-state index in [2.05, 4.69) is 0 Å². The molecule has 104 valence electrons. The van der Waals surface area contributed by atoms with Crippen LogP contribution >= 0.6 is 11.8 Å². The summed E-state index contributed by atoms with van der Waals surface area (Å²) in [6.45, 7) is 3.13. The van der Waals surface area contributed by atoms with Crippen LogP contribution in [0.4, 0.5) is 0 Å². The topological polar surface area (TPSA) is 66.8 Å². The molecule has 1 fully saturated rings. The summed E-state index contributed by atoms with van der Waals surface area (Å²) in [6, 6.07) is 0.0235. The molecule has 1 aliphatic rings. The molecule has 18 heavy (non-hydrogen) atoms. The Bertz CT molecular complexity index is 298. The van der Waals surface area contributed by atoms with E-state index in [1.165, 1.54) is 0 Å². The molecule has 1 amide bonds. The Hall–Kier alpha value is -0.750. The SMILES string of the molecule is COCCSCC(=O)N1CCC(C(=O)O)CC1C. The van der Waals surface area contributed by atoms with Gasteiger partial charge in [0.05, 0.1) is 18.3 Å². The van der Waals surface area contributed by atoms with Gasteiger partial charge in [0.2, 0.25) is 5.91 Å². The number of likely N-dealkylation sites (tertiary alicyclic amines) is 1. The fourth-order valence-electron chi connectivity index (χ4n) is 2.15. The molecule has 1 N–H and O–H groups in total. The van der Waals surface area contributed by atoms with E-state index >= 15 is 0 Å². The monoisotopic (exact) mass is 275 g/mol. The lowest BCUT2D eigenvalue weighted by Crippen LogP contribution is -2.46. The quantitative estimate of drug-likeness (QED) is 0.735. The van der Waals surface area contributed by atoms with Crippen LogP contribution in [-0.2, 0) is 14.3 Å². The highest BCUT2D eigenvalue weighted by Gasteiger charge is 2.31. The van der Waals surface area contributed by atoms with Crippen LogP contribution in [0.3, 0.4) is 0 Å². The van der Waals surface area contributed by atoms with Crippen molar-refractivity contribution in [3.63, 3.8) is 0 Å². The molecule has 6 heteroatoms. The molecule has 1 heterocycles. The van der Waals surface area contributed by atoms with Crippen LogP contribution in [0, 0.1) is 5.92 Å². The number of carbonyl (C=O) groups excluding carboxylic acids is 1. The molecule has 0 aromatic carbocycles. The number of carboxylic acid groups (broad SMARTS) is 1. The Balaban J connectivity index is 2.34. The van der Waals surface area contributed by atoms with Gasteiger partial charge in [-0.05, 0) is 19.8 Å². The number of thioether (sulfide) groups is 1. The van der Waals surface area contributed by atoms with Crippen LogP contribution < -0.4 is 0 Å². The number of aliphatic carboxylic acids is 1. The van der Waals surface area contributed by atoms with Crippen molar-refractivity contribution in [1.29, 1.82) is 0 Å². The first-order valence-electron chi connectivity index (χ1n) is 6.15. The molecule has 0 radical (unpaired) electrons. The number of hydrogen-bond donors (Lipinski definition) is 1. The second-order valence-corrected chi connectivity index (χ2v) is 5.65. The largest absolute Gasteiger partial charge is 0.481 e. The number of rotatable bonds is 6. The van der Waals surface area contributed by atoms with E-state index in [0.717, 1.165) is 5.75 Å². The zero-order chi connectivity index (χ0) is 13.5. The molecule has 2 atom stereocenters. The molecular formula is C12H21NO4S. The van der Waals surface area contributed by atoms with Crippen molar-refractivity contribution in [2.75, 3.05) is 31.8 Å². The lowest BCUT2D eigenvalue weighted by atomic mass is 9.92. The van der Waals surface area contributed by atoms with Gasteiger partial charge in [-0.15, -0.1) is 11.8 Å². The van der Waals surface area contributed by atoms with Crippen molar-refractivity contribution in [1.82, 2.24) is 4.90 Å². The number of methoxy groups -OCH3 is 1. The van der Waals surface area contributed by atoms with Gasteiger partial charge in [0.1, 0.15) is 0 Å². The summed E-state index contributed by atoms with van der Waals surface area (Å²) in [6.07, 6.45) is 1.12. The molecule has 2 unspecified atom stereocenters. The van der Waals surface area contributed by atoms with Gasteiger partial charge in [0.25, 0.3) is 0 Å². The zero-order valence-electron chi connectivity index (χ0n) is 10.9. The van der Waals surface area contributed by atoms with Crippen molar-refractivity contribution >= 4 is 23.6 Å². The Kier molecular flexibility index (Phi) is 6.49. The minimum Gasteiger partial charge on any atom is -0.481 e. The minimum absolute atomic E-state index is 0.0235. The average molecular weight is 275 g/mol. The number of carboxylic acids is 1. The van der Waals surface area contributed by atoms with Gasteiger partial charge in [-0.25, -0.2) is 0 Å². The van der Waals surface area contributed by atoms with Crippen LogP contribution in [0.2, 0.25) is 0 Å². The Labute approximate surface area is 112 Å². The summed E-state index contributed by atoms with van der Waals surface area (Å²) < 4.78 is 4.92. The maximum atomic E-state index is 12.0. The van der Waals surface area contributed by atoms with Crippen molar-refractivity contribution in [3.8, 4) is 0 Å². The van der Waals surface area contributed by atoms with E-state index in [0.29, 0.717) is 31.7 Å². The lowest BCUT2D eigenvalue weighted by molar-refractivity contribution is -0.146. The number of hydrogen-bond acceptors (Lipinski definition) is 4. The highest BCUT2D eigenvalue weighted by Crippen LogP contribution is 2.23. The highest BCUT2D eigenvalue weighted by atomic mass is 32.2. The third-order valence-corrected chi connectivity index (χ3v) is 4.11.